The molecule has 0 N–H and O–H groups in total. The van der Waals surface area contributed by atoms with E-state index >= 15 is 0 Å². The molecule has 0 saturated carbocycles. The van der Waals surface area contributed by atoms with Gasteiger partial charge in [0.2, 0.25) is 0 Å². The van der Waals surface area contributed by atoms with Crippen LogP contribution in [0.1, 0.15) is 12.7 Å². The van der Waals surface area contributed by atoms with Crippen LogP contribution in [0.3, 0.4) is 0 Å². The molecule has 0 fully saturated rings. The van der Waals surface area contributed by atoms with E-state index in [2.05, 4.69) is 200 Å². The molecule has 0 amide bonds. The van der Waals surface area contributed by atoms with Crippen molar-refractivity contribution in [2.45, 2.75) is 13.3 Å². The van der Waals surface area contributed by atoms with E-state index in [4.69, 9.17) is 4.98 Å². The molecule has 1 heterocycles. The van der Waals surface area contributed by atoms with Crippen molar-refractivity contribution < 1.29 is 0 Å². The molecule has 0 aliphatic heterocycles. The number of benzene rings is 9. The van der Waals surface area contributed by atoms with Gasteiger partial charge in [0.25, 0.3) is 0 Å². The molecule has 250 valence electrons. The lowest BCUT2D eigenvalue weighted by Crippen LogP contribution is -2.01. The minimum Gasteiger partial charge on any atom is -0.296 e. The SMILES string of the molecule is CCc1nc2ccccc2n1-c1ccc(-c2c3ccccc3c(-c3ccc(-c4ccccc4)cc3)c3ccc(-c4ccccc4)cc23)c2ccccc12. The zero-order chi connectivity index (χ0) is 35.3. The Hall–Kier alpha value is -6.77. The summed E-state index contributed by atoms with van der Waals surface area (Å²) in [5, 5.41) is 7.41. The van der Waals surface area contributed by atoms with Crippen LogP contribution < -0.4 is 0 Å². The number of fused-ring (bicyclic) bond motifs is 4. The van der Waals surface area contributed by atoms with Gasteiger partial charge in [0, 0.05) is 11.8 Å². The molecule has 2 nitrogen and oxygen atoms in total. The first-order valence-corrected chi connectivity index (χ1v) is 18.5. The van der Waals surface area contributed by atoms with Crippen LogP contribution in [0, 0.1) is 0 Å². The Morgan fingerprint density at radius 1 is 0.396 bits per heavy atom. The lowest BCUT2D eigenvalue weighted by atomic mass is 9.83. The highest BCUT2D eigenvalue weighted by molar-refractivity contribution is 6.24. The summed E-state index contributed by atoms with van der Waals surface area (Å²) in [7, 11) is 0. The zero-order valence-corrected chi connectivity index (χ0v) is 29.5. The van der Waals surface area contributed by atoms with E-state index in [1.165, 1.54) is 76.8 Å². The van der Waals surface area contributed by atoms with E-state index < -0.39 is 0 Å². The van der Waals surface area contributed by atoms with Crippen molar-refractivity contribution in [3.8, 4) is 50.2 Å². The van der Waals surface area contributed by atoms with E-state index in [1.807, 2.05) is 0 Å². The number of rotatable bonds is 6. The Morgan fingerprint density at radius 2 is 0.925 bits per heavy atom. The minimum atomic E-state index is 0.843. The van der Waals surface area contributed by atoms with E-state index in [9.17, 15) is 0 Å². The van der Waals surface area contributed by atoms with Crippen molar-refractivity contribution in [2.24, 2.45) is 0 Å². The molecule has 0 atom stereocenters. The van der Waals surface area contributed by atoms with Crippen LogP contribution in [0.4, 0.5) is 0 Å². The van der Waals surface area contributed by atoms with Crippen molar-refractivity contribution in [2.75, 3.05) is 0 Å². The summed E-state index contributed by atoms with van der Waals surface area (Å²) in [6.07, 6.45) is 0.843. The van der Waals surface area contributed by atoms with Crippen molar-refractivity contribution in [1.29, 1.82) is 0 Å². The lowest BCUT2D eigenvalue weighted by molar-refractivity contribution is 0.913. The molecule has 10 rings (SSSR count). The molecule has 0 aliphatic carbocycles. The second-order valence-electron chi connectivity index (χ2n) is 13.7. The Bertz CT molecular complexity index is 2960. The van der Waals surface area contributed by atoms with E-state index in [1.54, 1.807) is 0 Å². The summed E-state index contributed by atoms with van der Waals surface area (Å²) in [5.74, 6) is 1.06. The molecule has 0 radical (unpaired) electrons. The summed E-state index contributed by atoms with van der Waals surface area (Å²) in [6, 6.07) is 68.5. The Kier molecular flexibility index (Phi) is 7.47. The van der Waals surface area contributed by atoms with Gasteiger partial charge in [0.15, 0.2) is 0 Å². The molecular weight excluding hydrogens is 641 g/mol. The third-order valence-electron chi connectivity index (χ3n) is 10.8. The quantitative estimate of drug-likeness (QED) is 0.160. The van der Waals surface area contributed by atoms with Gasteiger partial charge < -0.3 is 0 Å². The normalized spacial score (nSPS) is 11.6. The molecule has 0 bridgehead atoms. The zero-order valence-electron chi connectivity index (χ0n) is 29.5. The third kappa shape index (κ3) is 5.14. The highest BCUT2D eigenvalue weighted by atomic mass is 15.1. The van der Waals surface area contributed by atoms with Gasteiger partial charge in [-0.1, -0.05) is 171 Å². The largest absolute Gasteiger partial charge is 0.296 e. The van der Waals surface area contributed by atoms with Gasteiger partial charge in [0.1, 0.15) is 5.82 Å². The molecule has 0 spiro atoms. The first-order valence-electron chi connectivity index (χ1n) is 18.5. The van der Waals surface area contributed by atoms with Crippen LogP contribution in [-0.4, -0.2) is 9.55 Å². The van der Waals surface area contributed by atoms with Crippen LogP contribution in [0.2, 0.25) is 0 Å². The topological polar surface area (TPSA) is 17.8 Å². The number of aryl methyl sites for hydroxylation is 1. The standard InChI is InChI=1S/C51H36N2/c1-2-49-52-46-23-13-14-24-48(46)53(49)47-32-31-43(39-19-9-10-20-40(39)47)51-42-22-12-11-21-41(42)50(37-27-25-36(26-28-37)34-15-5-3-6-16-34)44-30-29-38(33-45(44)51)35-17-7-4-8-18-35/h3-33H,2H2,1H3. The van der Waals surface area contributed by atoms with Gasteiger partial charge in [-0.2, -0.15) is 0 Å². The van der Waals surface area contributed by atoms with E-state index in [0.717, 1.165) is 29.0 Å². The van der Waals surface area contributed by atoms with Crippen LogP contribution >= 0.6 is 0 Å². The molecule has 53 heavy (non-hydrogen) atoms. The van der Waals surface area contributed by atoms with Gasteiger partial charge in [-0.05, 0) is 95.7 Å². The maximum Gasteiger partial charge on any atom is 0.114 e. The van der Waals surface area contributed by atoms with Crippen molar-refractivity contribution >= 4 is 43.4 Å². The fraction of sp³-hybridized carbons (Fsp3) is 0.0392. The highest BCUT2D eigenvalue weighted by Crippen LogP contribution is 2.47. The van der Waals surface area contributed by atoms with Crippen LogP contribution in [-0.2, 0) is 6.42 Å². The maximum absolute atomic E-state index is 5.04. The van der Waals surface area contributed by atoms with Crippen LogP contribution in [0.25, 0.3) is 93.5 Å². The van der Waals surface area contributed by atoms with Gasteiger partial charge in [-0.25, -0.2) is 4.98 Å². The van der Waals surface area contributed by atoms with Crippen molar-refractivity contribution in [3.63, 3.8) is 0 Å². The fourth-order valence-electron chi connectivity index (χ4n) is 8.33. The summed E-state index contributed by atoms with van der Waals surface area (Å²) in [6.45, 7) is 2.19. The number of imidazole rings is 1. The number of para-hydroxylation sites is 2. The fourth-order valence-corrected chi connectivity index (χ4v) is 8.33. The van der Waals surface area contributed by atoms with Gasteiger partial charge in [-0.15, -0.1) is 0 Å². The summed E-state index contributed by atoms with van der Waals surface area (Å²) in [5.41, 5.74) is 13.1. The van der Waals surface area contributed by atoms with Crippen molar-refractivity contribution in [1.82, 2.24) is 9.55 Å². The van der Waals surface area contributed by atoms with E-state index in [-0.39, 0.29) is 0 Å². The summed E-state index contributed by atoms with van der Waals surface area (Å²) >= 11 is 0. The van der Waals surface area contributed by atoms with Gasteiger partial charge in [-0.3, -0.25) is 4.57 Å². The summed E-state index contributed by atoms with van der Waals surface area (Å²) < 4.78 is 2.35. The minimum absolute atomic E-state index is 0.843. The molecule has 0 aliphatic rings. The van der Waals surface area contributed by atoms with Gasteiger partial charge in [0.05, 0.1) is 16.7 Å². The van der Waals surface area contributed by atoms with Gasteiger partial charge >= 0.3 is 0 Å². The molecular formula is C51H36N2. The molecule has 0 saturated heterocycles. The number of hydrogen-bond donors (Lipinski definition) is 0. The highest BCUT2D eigenvalue weighted by Gasteiger charge is 2.21. The number of nitrogens with zero attached hydrogens (tertiary/aromatic N) is 2. The molecule has 10 aromatic rings. The predicted molar refractivity (Wildman–Crippen MR) is 225 cm³/mol. The van der Waals surface area contributed by atoms with Crippen LogP contribution in [0.15, 0.2) is 188 Å². The number of hydrogen-bond acceptors (Lipinski definition) is 1. The predicted octanol–water partition coefficient (Wildman–Crippen LogP) is 13.7. The lowest BCUT2D eigenvalue weighted by Gasteiger charge is -2.21. The molecule has 0 unspecified atom stereocenters. The first-order chi connectivity index (χ1) is 26.3. The smallest absolute Gasteiger partial charge is 0.114 e. The van der Waals surface area contributed by atoms with E-state index in [0.29, 0.717) is 0 Å². The molecule has 2 heteroatoms. The Morgan fingerprint density at radius 3 is 1.64 bits per heavy atom. The first kappa shape index (κ1) is 31.0. The van der Waals surface area contributed by atoms with Crippen molar-refractivity contribution in [3.05, 3.63) is 194 Å². The third-order valence-corrected chi connectivity index (χ3v) is 10.8. The Labute approximate surface area is 309 Å². The second-order valence-corrected chi connectivity index (χ2v) is 13.7. The summed E-state index contributed by atoms with van der Waals surface area (Å²) in [4.78, 5) is 5.04. The average Bonchev–Trinajstić information content (AvgIpc) is 3.62. The Balaban J connectivity index is 1.28. The second kappa shape index (κ2) is 12.8. The monoisotopic (exact) mass is 676 g/mol. The molecule has 1 aromatic heterocycles. The maximum atomic E-state index is 5.04. The molecule has 9 aromatic carbocycles. The number of aromatic nitrogens is 2. The van der Waals surface area contributed by atoms with Crippen LogP contribution in [0.5, 0.6) is 0 Å². The average molecular weight is 677 g/mol.